The first-order valence-electron chi connectivity index (χ1n) is 6.62. The van der Waals surface area contributed by atoms with Crippen LogP contribution in [-0.4, -0.2) is 29.1 Å². The molecule has 0 bridgehead atoms. The minimum Gasteiger partial charge on any atom is -0.481 e. The maximum absolute atomic E-state index is 10.7. The highest BCUT2D eigenvalue weighted by Gasteiger charge is 2.25. The Balaban J connectivity index is 1.64. The number of rotatable bonds is 4. The van der Waals surface area contributed by atoms with E-state index in [0.29, 0.717) is 0 Å². The van der Waals surface area contributed by atoms with Crippen molar-refractivity contribution in [2.75, 3.05) is 13.1 Å². The molecule has 1 saturated heterocycles. The average molecular weight is 259 g/mol. The number of carbonyl (C=O) groups is 1. The molecule has 2 aromatic rings. The molecule has 3 rings (SSSR count). The molecule has 1 aliphatic heterocycles. The number of likely N-dealkylation sites (tertiary alicyclic amines) is 1. The highest BCUT2D eigenvalue weighted by Crippen LogP contribution is 2.24. The van der Waals surface area contributed by atoms with Crippen molar-refractivity contribution in [3.63, 3.8) is 0 Å². The lowest BCUT2D eigenvalue weighted by molar-refractivity contribution is -0.138. The lowest BCUT2D eigenvalue weighted by Gasteiger charge is -2.13. The lowest BCUT2D eigenvalue weighted by Crippen LogP contribution is -2.20. The third-order valence-electron chi connectivity index (χ3n) is 3.69. The Morgan fingerprint density at radius 2 is 2.26 bits per heavy atom. The summed E-state index contributed by atoms with van der Waals surface area (Å²) in [5, 5.41) is 9.93. The smallest absolute Gasteiger partial charge is 0.303 e. The molecule has 4 nitrogen and oxygen atoms in total. The van der Waals surface area contributed by atoms with E-state index in [4.69, 9.17) is 9.52 Å². The minimum atomic E-state index is -0.699. The van der Waals surface area contributed by atoms with E-state index in [2.05, 4.69) is 11.0 Å². The SMILES string of the molecule is O=C(O)CC1CCN(Cc2cc3ccccc3o2)C1. The van der Waals surface area contributed by atoms with E-state index in [0.717, 1.165) is 42.8 Å². The summed E-state index contributed by atoms with van der Waals surface area (Å²) < 4.78 is 5.79. The summed E-state index contributed by atoms with van der Waals surface area (Å²) in [5.41, 5.74) is 0.916. The van der Waals surface area contributed by atoms with E-state index >= 15 is 0 Å². The number of fused-ring (bicyclic) bond motifs is 1. The highest BCUT2D eigenvalue weighted by molar-refractivity contribution is 5.77. The third kappa shape index (κ3) is 2.79. The summed E-state index contributed by atoms with van der Waals surface area (Å²) in [6.45, 7) is 2.57. The van der Waals surface area contributed by atoms with Gasteiger partial charge in [0.05, 0.1) is 6.54 Å². The molecule has 1 aliphatic rings. The number of hydrogen-bond acceptors (Lipinski definition) is 3. The van der Waals surface area contributed by atoms with Gasteiger partial charge >= 0.3 is 5.97 Å². The zero-order valence-electron chi connectivity index (χ0n) is 10.7. The summed E-state index contributed by atoms with van der Waals surface area (Å²) >= 11 is 0. The van der Waals surface area contributed by atoms with Crippen molar-refractivity contribution in [3.8, 4) is 0 Å². The van der Waals surface area contributed by atoms with Crippen molar-refractivity contribution in [3.05, 3.63) is 36.1 Å². The second-order valence-electron chi connectivity index (χ2n) is 5.24. The molecule has 2 heterocycles. The van der Waals surface area contributed by atoms with Gasteiger partial charge in [0, 0.05) is 18.4 Å². The van der Waals surface area contributed by atoms with Crippen LogP contribution >= 0.6 is 0 Å². The Morgan fingerprint density at radius 1 is 1.42 bits per heavy atom. The van der Waals surface area contributed by atoms with Gasteiger partial charge in [-0.1, -0.05) is 18.2 Å². The Labute approximate surface area is 111 Å². The van der Waals surface area contributed by atoms with E-state index in [-0.39, 0.29) is 12.3 Å². The molecule has 0 radical (unpaired) electrons. The van der Waals surface area contributed by atoms with Crippen LogP contribution in [0, 0.1) is 5.92 Å². The van der Waals surface area contributed by atoms with Crippen LogP contribution in [0.3, 0.4) is 0 Å². The summed E-state index contributed by atoms with van der Waals surface area (Å²) in [6, 6.07) is 10.0. The van der Waals surface area contributed by atoms with Crippen LogP contribution in [0.2, 0.25) is 0 Å². The molecule has 1 aromatic carbocycles. The molecule has 0 spiro atoms. The van der Waals surface area contributed by atoms with E-state index in [1.165, 1.54) is 0 Å². The predicted octanol–water partition coefficient (Wildman–Crippen LogP) is 2.73. The Kier molecular flexibility index (Phi) is 3.25. The summed E-state index contributed by atoms with van der Waals surface area (Å²) in [7, 11) is 0. The van der Waals surface area contributed by atoms with Crippen molar-refractivity contribution >= 4 is 16.9 Å². The normalized spacial score (nSPS) is 20.1. The molecule has 0 amide bonds. The van der Waals surface area contributed by atoms with Crippen molar-refractivity contribution in [1.29, 1.82) is 0 Å². The first kappa shape index (κ1) is 12.2. The number of nitrogens with zero attached hydrogens (tertiary/aromatic N) is 1. The molecule has 1 atom stereocenters. The maximum Gasteiger partial charge on any atom is 0.303 e. The van der Waals surface area contributed by atoms with Crippen molar-refractivity contribution in [2.45, 2.75) is 19.4 Å². The number of benzene rings is 1. The number of hydrogen-bond donors (Lipinski definition) is 1. The molecule has 0 saturated carbocycles. The molecular weight excluding hydrogens is 242 g/mol. The topological polar surface area (TPSA) is 53.7 Å². The van der Waals surface area contributed by atoms with E-state index in [1.54, 1.807) is 0 Å². The van der Waals surface area contributed by atoms with Gasteiger partial charge in [0.25, 0.3) is 0 Å². The standard InChI is InChI=1S/C15H17NO3/c17-15(18)7-11-5-6-16(9-11)10-13-8-12-3-1-2-4-14(12)19-13/h1-4,8,11H,5-7,9-10H2,(H,17,18). The molecule has 1 fully saturated rings. The zero-order valence-corrected chi connectivity index (χ0v) is 10.7. The fourth-order valence-electron chi connectivity index (χ4n) is 2.81. The Hall–Kier alpha value is -1.81. The van der Waals surface area contributed by atoms with Crippen LogP contribution < -0.4 is 0 Å². The molecule has 0 aliphatic carbocycles. The predicted molar refractivity (Wildman–Crippen MR) is 71.9 cm³/mol. The van der Waals surface area contributed by atoms with E-state index in [1.807, 2.05) is 24.3 Å². The summed E-state index contributed by atoms with van der Waals surface area (Å²) in [5.74, 6) is 0.537. The van der Waals surface area contributed by atoms with Crippen molar-refractivity contribution < 1.29 is 14.3 Å². The molecular formula is C15H17NO3. The summed E-state index contributed by atoms with van der Waals surface area (Å²) in [6.07, 6.45) is 1.24. The van der Waals surface area contributed by atoms with Crippen molar-refractivity contribution in [2.24, 2.45) is 5.92 Å². The quantitative estimate of drug-likeness (QED) is 0.917. The van der Waals surface area contributed by atoms with E-state index < -0.39 is 5.97 Å². The van der Waals surface area contributed by atoms with Crippen LogP contribution in [0.15, 0.2) is 34.7 Å². The number of aliphatic carboxylic acids is 1. The maximum atomic E-state index is 10.7. The van der Waals surface area contributed by atoms with Crippen LogP contribution in [0.4, 0.5) is 0 Å². The first-order valence-corrected chi connectivity index (χ1v) is 6.62. The van der Waals surface area contributed by atoms with Gasteiger partial charge in [-0.3, -0.25) is 9.69 Å². The molecule has 1 unspecified atom stereocenters. The first-order chi connectivity index (χ1) is 9.20. The second-order valence-corrected chi connectivity index (χ2v) is 5.24. The van der Waals surface area contributed by atoms with Gasteiger partial charge in [0.15, 0.2) is 0 Å². The van der Waals surface area contributed by atoms with Gasteiger partial charge in [-0.05, 0) is 31.0 Å². The Bertz CT molecular complexity index is 557. The van der Waals surface area contributed by atoms with Crippen LogP contribution in [0.1, 0.15) is 18.6 Å². The van der Waals surface area contributed by atoms with E-state index in [9.17, 15) is 4.79 Å². The molecule has 4 heteroatoms. The summed E-state index contributed by atoms with van der Waals surface area (Å²) in [4.78, 5) is 13.0. The zero-order chi connectivity index (χ0) is 13.2. The average Bonchev–Trinajstić information content (AvgIpc) is 2.94. The second kappa shape index (κ2) is 5.05. The van der Waals surface area contributed by atoms with Gasteiger partial charge in [-0.2, -0.15) is 0 Å². The van der Waals surface area contributed by atoms with Crippen LogP contribution in [0.25, 0.3) is 11.0 Å². The largest absolute Gasteiger partial charge is 0.481 e. The lowest BCUT2D eigenvalue weighted by atomic mass is 10.1. The monoisotopic (exact) mass is 259 g/mol. The fourth-order valence-corrected chi connectivity index (χ4v) is 2.81. The van der Waals surface area contributed by atoms with Gasteiger partial charge in [-0.15, -0.1) is 0 Å². The number of para-hydroxylation sites is 1. The molecule has 100 valence electrons. The Morgan fingerprint density at radius 3 is 3.05 bits per heavy atom. The third-order valence-corrected chi connectivity index (χ3v) is 3.69. The fraction of sp³-hybridized carbons (Fsp3) is 0.400. The number of carboxylic acids is 1. The van der Waals surface area contributed by atoms with Crippen LogP contribution in [0.5, 0.6) is 0 Å². The van der Waals surface area contributed by atoms with Gasteiger partial charge in [-0.25, -0.2) is 0 Å². The van der Waals surface area contributed by atoms with Gasteiger partial charge in [0.1, 0.15) is 11.3 Å². The molecule has 1 N–H and O–H groups in total. The van der Waals surface area contributed by atoms with Crippen LogP contribution in [-0.2, 0) is 11.3 Å². The highest BCUT2D eigenvalue weighted by atomic mass is 16.4. The van der Waals surface area contributed by atoms with Gasteiger partial charge in [0.2, 0.25) is 0 Å². The van der Waals surface area contributed by atoms with Crippen molar-refractivity contribution in [1.82, 2.24) is 4.90 Å². The molecule has 19 heavy (non-hydrogen) atoms. The minimum absolute atomic E-state index is 0.274. The number of furan rings is 1. The van der Waals surface area contributed by atoms with Gasteiger partial charge < -0.3 is 9.52 Å². The number of carboxylic acid groups (broad SMARTS) is 1. The molecule has 1 aromatic heterocycles.